The first-order valence-electron chi connectivity index (χ1n) is 12.4. The predicted octanol–water partition coefficient (Wildman–Crippen LogP) is 3.64. The smallest absolute Gasteiger partial charge is 0.244 e. The number of nitrogens with zero attached hydrogens (tertiary/aromatic N) is 2. The minimum Gasteiger partial charge on any atom is -0.497 e. The number of hydrogen-bond donors (Lipinski definition) is 1. The number of carbonyl (C=O) groups excluding carboxylic acids is 2. The predicted molar refractivity (Wildman–Crippen MR) is 141 cm³/mol. The van der Waals surface area contributed by atoms with Gasteiger partial charge < -0.3 is 15.0 Å². The molecule has 3 rings (SSSR count). The van der Waals surface area contributed by atoms with Crippen LogP contribution in [-0.4, -0.2) is 57.1 Å². The number of amides is 2. The number of hydrogen-bond acceptors (Lipinski definition) is 5. The standard InChI is InChI=1S/C27H37N3O5S/c1-20-11-8-9-12-22(20)18-29(21(2)27(32)28-23-13-6-5-7-14-23)26(31)19-30(36(4,33)34)24-15-10-16-25(17-24)35-3/h8-12,15-17,21,23H,5-7,13-14,18-19H2,1-4H3,(H,28,32)/t21-/m1/s1. The maximum atomic E-state index is 13.7. The molecule has 2 aromatic rings. The fourth-order valence-corrected chi connectivity index (χ4v) is 5.34. The van der Waals surface area contributed by atoms with Crippen molar-refractivity contribution in [3.63, 3.8) is 0 Å². The van der Waals surface area contributed by atoms with Crippen molar-refractivity contribution < 1.29 is 22.7 Å². The summed E-state index contributed by atoms with van der Waals surface area (Å²) in [7, 11) is -2.30. The average molecular weight is 516 g/mol. The molecule has 0 radical (unpaired) electrons. The lowest BCUT2D eigenvalue weighted by molar-refractivity contribution is -0.139. The minimum absolute atomic E-state index is 0.105. The third-order valence-corrected chi connectivity index (χ3v) is 7.88. The van der Waals surface area contributed by atoms with Gasteiger partial charge in [0.25, 0.3) is 0 Å². The first kappa shape index (κ1) is 27.5. The number of benzene rings is 2. The molecule has 0 heterocycles. The van der Waals surface area contributed by atoms with E-state index in [0.717, 1.165) is 47.4 Å². The Hall–Kier alpha value is -3.07. The summed E-state index contributed by atoms with van der Waals surface area (Å²) in [5.74, 6) is -0.209. The molecule has 8 nitrogen and oxygen atoms in total. The minimum atomic E-state index is -3.79. The van der Waals surface area contributed by atoms with Gasteiger partial charge in [-0.05, 0) is 49.9 Å². The molecule has 36 heavy (non-hydrogen) atoms. The van der Waals surface area contributed by atoms with E-state index in [-0.39, 0.29) is 18.5 Å². The van der Waals surface area contributed by atoms with Crippen LogP contribution in [0.3, 0.4) is 0 Å². The van der Waals surface area contributed by atoms with Crippen molar-refractivity contribution in [2.45, 2.75) is 64.6 Å². The van der Waals surface area contributed by atoms with Crippen LogP contribution >= 0.6 is 0 Å². The van der Waals surface area contributed by atoms with Crippen molar-refractivity contribution >= 4 is 27.5 Å². The second kappa shape index (κ2) is 12.3. The van der Waals surface area contributed by atoms with Gasteiger partial charge >= 0.3 is 0 Å². The largest absolute Gasteiger partial charge is 0.497 e. The molecule has 0 aliphatic heterocycles. The van der Waals surface area contributed by atoms with Gasteiger partial charge in [0.2, 0.25) is 21.8 Å². The molecule has 0 spiro atoms. The molecule has 1 atom stereocenters. The van der Waals surface area contributed by atoms with Crippen LogP contribution in [0.15, 0.2) is 48.5 Å². The molecule has 0 saturated heterocycles. The third-order valence-electron chi connectivity index (χ3n) is 6.74. The Bertz CT molecular complexity index is 1160. The van der Waals surface area contributed by atoms with Gasteiger partial charge in [0.1, 0.15) is 18.3 Å². The fraction of sp³-hybridized carbons (Fsp3) is 0.481. The van der Waals surface area contributed by atoms with Crippen LogP contribution in [-0.2, 0) is 26.2 Å². The van der Waals surface area contributed by atoms with Gasteiger partial charge in [-0.15, -0.1) is 0 Å². The molecular weight excluding hydrogens is 478 g/mol. The van der Waals surface area contributed by atoms with Crippen LogP contribution in [0.4, 0.5) is 5.69 Å². The van der Waals surface area contributed by atoms with Crippen molar-refractivity contribution in [3.05, 3.63) is 59.7 Å². The lowest BCUT2D eigenvalue weighted by Gasteiger charge is -2.33. The van der Waals surface area contributed by atoms with E-state index in [1.807, 2.05) is 31.2 Å². The highest BCUT2D eigenvalue weighted by Gasteiger charge is 2.31. The number of carbonyl (C=O) groups is 2. The number of ether oxygens (including phenoxy) is 1. The van der Waals surface area contributed by atoms with Crippen LogP contribution in [0, 0.1) is 6.92 Å². The normalized spacial score (nSPS) is 15.1. The molecule has 1 aliphatic carbocycles. The van der Waals surface area contributed by atoms with Crippen molar-refractivity contribution in [1.82, 2.24) is 10.2 Å². The van der Waals surface area contributed by atoms with E-state index >= 15 is 0 Å². The summed E-state index contributed by atoms with van der Waals surface area (Å²) in [4.78, 5) is 28.4. The molecule has 1 N–H and O–H groups in total. The van der Waals surface area contributed by atoms with E-state index in [9.17, 15) is 18.0 Å². The Kier molecular flexibility index (Phi) is 9.37. The summed E-state index contributed by atoms with van der Waals surface area (Å²) < 4.78 is 31.7. The third kappa shape index (κ3) is 7.22. The van der Waals surface area contributed by atoms with Crippen LogP contribution in [0.2, 0.25) is 0 Å². The highest BCUT2D eigenvalue weighted by molar-refractivity contribution is 7.92. The van der Waals surface area contributed by atoms with Crippen LogP contribution in [0.1, 0.15) is 50.2 Å². The molecule has 0 unspecified atom stereocenters. The molecule has 1 aliphatic rings. The van der Waals surface area contributed by atoms with E-state index in [2.05, 4.69) is 5.32 Å². The van der Waals surface area contributed by atoms with E-state index in [4.69, 9.17) is 4.74 Å². The average Bonchev–Trinajstić information content (AvgIpc) is 2.86. The molecular formula is C27H37N3O5S. The van der Waals surface area contributed by atoms with Gasteiger partial charge in [0, 0.05) is 18.7 Å². The topological polar surface area (TPSA) is 96.0 Å². The number of anilines is 1. The first-order chi connectivity index (χ1) is 17.1. The van der Waals surface area contributed by atoms with E-state index in [1.165, 1.54) is 18.4 Å². The zero-order valence-corrected chi connectivity index (χ0v) is 22.4. The molecule has 0 bridgehead atoms. The molecule has 0 aromatic heterocycles. The monoisotopic (exact) mass is 515 g/mol. The molecule has 2 amide bonds. The second-order valence-corrected chi connectivity index (χ2v) is 11.3. The van der Waals surface area contributed by atoms with E-state index in [1.54, 1.807) is 31.2 Å². The Morgan fingerprint density at radius 2 is 1.78 bits per heavy atom. The summed E-state index contributed by atoms with van der Waals surface area (Å²) >= 11 is 0. The molecule has 196 valence electrons. The van der Waals surface area contributed by atoms with Crippen molar-refractivity contribution in [3.8, 4) is 5.75 Å². The Morgan fingerprint density at radius 3 is 2.42 bits per heavy atom. The summed E-state index contributed by atoms with van der Waals surface area (Å²) in [5, 5.41) is 3.10. The number of nitrogens with one attached hydrogen (secondary N) is 1. The molecule has 1 fully saturated rings. The van der Waals surface area contributed by atoms with E-state index < -0.39 is 28.5 Å². The van der Waals surface area contributed by atoms with Gasteiger partial charge in [0.15, 0.2) is 0 Å². The van der Waals surface area contributed by atoms with Gasteiger partial charge in [-0.3, -0.25) is 13.9 Å². The quantitative estimate of drug-likeness (QED) is 0.521. The lowest BCUT2D eigenvalue weighted by atomic mass is 9.95. The highest BCUT2D eigenvalue weighted by atomic mass is 32.2. The number of methoxy groups -OCH3 is 1. The number of aryl methyl sites for hydroxylation is 1. The lowest BCUT2D eigenvalue weighted by Crippen LogP contribution is -2.53. The van der Waals surface area contributed by atoms with Gasteiger partial charge in [-0.25, -0.2) is 8.42 Å². The maximum absolute atomic E-state index is 13.7. The molecule has 9 heteroatoms. The van der Waals surface area contributed by atoms with Crippen LogP contribution in [0.25, 0.3) is 0 Å². The van der Waals surface area contributed by atoms with Gasteiger partial charge in [-0.2, -0.15) is 0 Å². The van der Waals surface area contributed by atoms with Gasteiger partial charge in [-0.1, -0.05) is 49.6 Å². The number of rotatable bonds is 10. The summed E-state index contributed by atoms with van der Waals surface area (Å²) in [6.07, 6.45) is 6.25. The summed E-state index contributed by atoms with van der Waals surface area (Å²) in [6, 6.07) is 13.5. The van der Waals surface area contributed by atoms with Crippen molar-refractivity contribution in [2.24, 2.45) is 0 Å². The zero-order chi connectivity index (χ0) is 26.3. The SMILES string of the molecule is COc1cccc(N(CC(=O)N(Cc2ccccc2C)[C@H](C)C(=O)NC2CCCCC2)S(C)(=O)=O)c1. The van der Waals surface area contributed by atoms with E-state index in [0.29, 0.717) is 11.4 Å². The Labute approximate surface area is 214 Å². The number of sulfonamides is 1. The van der Waals surface area contributed by atoms with Crippen LogP contribution < -0.4 is 14.4 Å². The first-order valence-corrected chi connectivity index (χ1v) is 14.2. The fourth-order valence-electron chi connectivity index (χ4n) is 4.50. The van der Waals surface area contributed by atoms with Gasteiger partial charge in [0.05, 0.1) is 19.1 Å². The summed E-state index contributed by atoms with van der Waals surface area (Å²) in [6.45, 7) is 3.41. The zero-order valence-electron chi connectivity index (χ0n) is 21.6. The van der Waals surface area contributed by atoms with Crippen LogP contribution in [0.5, 0.6) is 5.75 Å². The summed E-state index contributed by atoms with van der Waals surface area (Å²) in [5.41, 5.74) is 2.21. The van der Waals surface area contributed by atoms with Crippen molar-refractivity contribution in [1.29, 1.82) is 0 Å². The molecule has 2 aromatic carbocycles. The Morgan fingerprint density at radius 1 is 1.08 bits per heavy atom. The second-order valence-electron chi connectivity index (χ2n) is 9.44. The van der Waals surface area contributed by atoms with Crippen molar-refractivity contribution in [2.75, 3.05) is 24.2 Å². The highest BCUT2D eigenvalue weighted by Crippen LogP contribution is 2.24. The maximum Gasteiger partial charge on any atom is 0.244 e. The molecule has 1 saturated carbocycles. The Balaban J connectivity index is 1.89.